The van der Waals surface area contributed by atoms with Gasteiger partial charge in [-0.2, -0.15) is 0 Å². The fourth-order valence-electron chi connectivity index (χ4n) is 4.89. The van der Waals surface area contributed by atoms with Gasteiger partial charge in [0.1, 0.15) is 5.75 Å². The molecule has 1 atom stereocenters. The molecule has 1 aliphatic heterocycles. The lowest BCUT2D eigenvalue weighted by molar-refractivity contribution is 0.102. The highest BCUT2D eigenvalue weighted by atomic mass is 35.5. The summed E-state index contributed by atoms with van der Waals surface area (Å²) in [7, 11) is 1.82. The van der Waals surface area contributed by atoms with Crippen molar-refractivity contribution < 1.29 is 4.74 Å². The number of benzene rings is 2. The second kappa shape index (κ2) is 10.5. The number of fused-ring (bicyclic) bond motifs is 1. The van der Waals surface area contributed by atoms with Crippen LogP contribution in [0.15, 0.2) is 36.4 Å². The van der Waals surface area contributed by atoms with Crippen molar-refractivity contribution in [2.45, 2.75) is 38.1 Å². The van der Waals surface area contributed by atoms with Crippen LogP contribution in [0.3, 0.4) is 0 Å². The summed E-state index contributed by atoms with van der Waals surface area (Å²) in [6.07, 6.45) is 6.85. The maximum atomic E-state index is 5.87. The second-order valence-electron chi connectivity index (χ2n) is 7.53. The molecule has 150 valence electrons. The van der Waals surface area contributed by atoms with Crippen molar-refractivity contribution in [3.8, 4) is 5.75 Å². The quantitative estimate of drug-likeness (QED) is 0.747. The Balaban J connectivity index is 0.00000131. The number of ether oxygens (including phenoxy) is 1. The molecule has 0 aromatic heterocycles. The minimum Gasteiger partial charge on any atom is -0.496 e. The summed E-state index contributed by atoms with van der Waals surface area (Å²) in [6.45, 7) is 4.45. The van der Waals surface area contributed by atoms with Crippen LogP contribution in [0.4, 0.5) is 0 Å². The fraction of sp³-hybridized carbons (Fsp3) is 0.545. The normalized spacial score (nSPS) is 19.7. The van der Waals surface area contributed by atoms with E-state index in [2.05, 4.69) is 46.6 Å². The molecule has 1 saturated carbocycles. The van der Waals surface area contributed by atoms with E-state index in [0.29, 0.717) is 6.04 Å². The van der Waals surface area contributed by atoms with E-state index in [1.165, 1.54) is 48.4 Å². The summed E-state index contributed by atoms with van der Waals surface area (Å²) in [5, 5.41) is 6.22. The molecule has 0 unspecified atom stereocenters. The van der Waals surface area contributed by atoms with Gasteiger partial charge in [-0.05, 0) is 35.6 Å². The minimum atomic E-state index is 0. The fourth-order valence-corrected chi connectivity index (χ4v) is 4.89. The Morgan fingerprint density at radius 1 is 0.963 bits per heavy atom. The van der Waals surface area contributed by atoms with Crippen LogP contribution < -0.4 is 10.1 Å². The van der Waals surface area contributed by atoms with Crippen LogP contribution in [0.25, 0.3) is 10.8 Å². The van der Waals surface area contributed by atoms with Crippen molar-refractivity contribution in [3.63, 3.8) is 0 Å². The molecule has 0 amide bonds. The molecule has 2 fully saturated rings. The average molecular weight is 411 g/mol. The molecular weight excluding hydrogens is 379 g/mol. The monoisotopic (exact) mass is 410 g/mol. The third-order valence-corrected chi connectivity index (χ3v) is 6.09. The van der Waals surface area contributed by atoms with Gasteiger partial charge in [0.25, 0.3) is 0 Å². The van der Waals surface area contributed by atoms with Gasteiger partial charge in [-0.25, -0.2) is 0 Å². The Morgan fingerprint density at radius 2 is 1.67 bits per heavy atom. The van der Waals surface area contributed by atoms with Crippen LogP contribution in [0.1, 0.15) is 43.7 Å². The van der Waals surface area contributed by atoms with Crippen molar-refractivity contribution in [2.75, 3.05) is 33.3 Å². The van der Waals surface area contributed by atoms with Gasteiger partial charge in [0.2, 0.25) is 0 Å². The van der Waals surface area contributed by atoms with Gasteiger partial charge >= 0.3 is 0 Å². The molecule has 5 heteroatoms. The second-order valence-corrected chi connectivity index (χ2v) is 7.53. The molecule has 2 aromatic rings. The van der Waals surface area contributed by atoms with Gasteiger partial charge in [0, 0.05) is 37.8 Å². The first-order valence-corrected chi connectivity index (χ1v) is 9.89. The topological polar surface area (TPSA) is 24.5 Å². The van der Waals surface area contributed by atoms with Gasteiger partial charge in [0.15, 0.2) is 0 Å². The number of methoxy groups -OCH3 is 1. The van der Waals surface area contributed by atoms with Crippen molar-refractivity contribution in [1.82, 2.24) is 10.2 Å². The SMILES string of the molecule is COc1ccc2ccccc2c1[C@H](C1CCCCC1)N1CCNCC1.Cl.Cl. The number of nitrogens with zero attached hydrogens (tertiary/aromatic N) is 1. The zero-order valence-corrected chi connectivity index (χ0v) is 17.8. The van der Waals surface area contributed by atoms with Crippen LogP contribution in [0, 0.1) is 5.92 Å². The van der Waals surface area contributed by atoms with Crippen molar-refractivity contribution >= 4 is 35.6 Å². The standard InChI is InChI=1S/C22H30N2O.2ClH/c1-25-20-12-11-17-7-5-6-10-19(17)21(20)22(18-8-3-2-4-9-18)24-15-13-23-14-16-24;;/h5-7,10-12,18,22-23H,2-4,8-9,13-16H2,1H3;2*1H/t22-;;/m0../s1. The highest BCUT2D eigenvalue weighted by Gasteiger charge is 2.33. The van der Waals surface area contributed by atoms with Crippen molar-refractivity contribution in [3.05, 3.63) is 42.0 Å². The zero-order valence-electron chi connectivity index (χ0n) is 16.2. The lowest BCUT2D eigenvalue weighted by Gasteiger charge is -2.42. The molecule has 2 aromatic carbocycles. The molecule has 2 aliphatic rings. The summed E-state index contributed by atoms with van der Waals surface area (Å²) in [5.74, 6) is 1.80. The Morgan fingerprint density at radius 3 is 2.37 bits per heavy atom. The van der Waals surface area contributed by atoms with Crippen molar-refractivity contribution in [1.29, 1.82) is 0 Å². The van der Waals surface area contributed by atoms with E-state index in [4.69, 9.17) is 4.74 Å². The van der Waals surface area contributed by atoms with Gasteiger partial charge in [-0.3, -0.25) is 4.90 Å². The first-order valence-electron chi connectivity index (χ1n) is 9.89. The van der Waals surface area contributed by atoms with E-state index in [1.807, 2.05) is 7.11 Å². The average Bonchev–Trinajstić information content (AvgIpc) is 2.70. The summed E-state index contributed by atoms with van der Waals surface area (Å²) in [6, 6.07) is 13.7. The zero-order chi connectivity index (χ0) is 17.1. The summed E-state index contributed by atoms with van der Waals surface area (Å²) < 4.78 is 5.87. The lowest BCUT2D eigenvalue weighted by Crippen LogP contribution is -2.47. The Kier molecular flexibility index (Phi) is 8.68. The molecule has 1 aliphatic carbocycles. The first kappa shape index (κ1) is 22.3. The third kappa shape index (κ3) is 4.71. The number of piperazine rings is 1. The molecule has 0 spiro atoms. The molecule has 1 heterocycles. The third-order valence-electron chi connectivity index (χ3n) is 6.09. The van der Waals surface area contributed by atoms with E-state index >= 15 is 0 Å². The van der Waals surface area contributed by atoms with E-state index in [1.54, 1.807) is 0 Å². The number of hydrogen-bond acceptors (Lipinski definition) is 3. The van der Waals surface area contributed by atoms with Gasteiger partial charge < -0.3 is 10.1 Å². The molecule has 1 saturated heterocycles. The molecular formula is C22H32Cl2N2O. The summed E-state index contributed by atoms with van der Waals surface area (Å²) in [5.41, 5.74) is 1.43. The molecule has 0 radical (unpaired) electrons. The summed E-state index contributed by atoms with van der Waals surface area (Å²) in [4.78, 5) is 2.72. The Labute approximate surface area is 175 Å². The number of rotatable bonds is 4. The van der Waals surface area contributed by atoms with Gasteiger partial charge in [-0.15, -0.1) is 24.8 Å². The van der Waals surface area contributed by atoms with E-state index < -0.39 is 0 Å². The predicted octanol–water partition coefficient (Wildman–Crippen LogP) is 5.22. The van der Waals surface area contributed by atoms with E-state index in [-0.39, 0.29) is 24.8 Å². The van der Waals surface area contributed by atoms with Crippen LogP contribution in [0.5, 0.6) is 5.75 Å². The highest BCUT2D eigenvalue weighted by Crippen LogP contribution is 2.44. The van der Waals surface area contributed by atoms with E-state index in [0.717, 1.165) is 37.8 Å². The first-order chi connectivity index (χ1) is 12.4. The maximum absolute atomic E-state index is 5.87. The van der Waals surface area contributed by atoms with Gasteiger partial charge in [-0.1, -0.05) is 49.6 Å². The highest BCUT2D eigenvalue weighted by molar-refractivity contribution is 5.88. The number of halogens is 2. The number of hydrogen-bond donors (Lipinski definition) is 1. The van der Waals surface area contributed by atoms with Crippen LogP contribution in [-0.4, -0.2) is 38.2 Å². The predicted molar refractivity (Wildman–Crippen MR) is 119 cm³/mol. The van der Waals surface area contributed by atoms with E-state index in [9.17, 15) is 0 Å². The molecule has 27 heavy (non-hydrogen) atoms. The van der Waals surface area contributed by atoms with Crippen LogP contribution >= 0.6 is 24.8 Å². The Bertz CT molecular complexity index is 695. The van der Waals surface area contributed by atoms with Crippen molar-refractivity contribution in [2.24, 2.45) is 5.92 Å². The Hall–Kier alpha value is -1.00. The molecule has 0 bridgehead atoms. The molecule has 1 N–H and O–H groups in total. The number of nitrogens with one attached hydrogen (secondary N) is 1. The van der Waals surface area contributed by atoms with Crippen LogP contribution in [0.2, 0.25) is 0 Å². The minimum absolute atomic E-state index is 0. The maximum Gasteiger partial charge on any atom is 0.124 e. The molecule has 4 rings (SSSR count). The smallest absolute Gasteiger partial charge is 0.124 e. The molecule has 3 nitrogen and oxygen atoms in total. The van der Waals surface area contributed by atoms with Gasteiger partial charge in [0.05, 0.1) is 7.11 Å². The lowest BCUT2D eigenvalue weighted by atomic mass is 9.78. The van der Waals surface area contributed by atoms with Crippen LogP contribution in [-0.2, 0) is 0 Å². The largest absolute Gasteiger partial charge is 0.496 e. The summed E-state index contributed by atoms with van der Waals surface area (Å²) >= 11 is 0.